The molecule has 3 rings (SSSR count). The van der Waals surface area contributed by atoms with Gasteiger partial charge in [-0.05, 0) is 43.3 Å². The Morgan fingerprint density at radius 1 is 1.00 bits per heavy atom. The van der Waals surface area contributed by atoms with Crippen molar-refractivity contribution >= 4 is 51.0 Å². The second-order valence-electron chi connectivity index (χ2n) is 4.83. The van der Waals surface area contributed by atoms with E-state index >= 15 is 0 Å². The smallest absolute Gasteiger partial charge is 0.0612 e. The number of aromatic nitrogens is 1. The molecule has 3 N–H and O–H groups in total. The number of aryl methyl sites for hydroxylation is 1. The first-order valence-electron chi connectivity index (χ1n) is 6.41. The number of nitrogen functional groups attached to an aromatic ring is 1. The van der Waals surface area contributed by atoms with E-state index in [0.717, 1.165) is 27.8 Å². The fourth-order valence-corrected chi connectivity index (χ4v) is 2.50. The molecule has 0 radical (unpaired) electrons. The van der Waals surface area contributed by atoms with Gasteiger partial charge in [0.25, 0.3) is 0 Å². The van der Waals surface area contributed by atoms with E-state index in [0.29, 0.717) is 15.7 Å². The van der Waals surface area contributed by atoms with Crippen molar-refractivity contribution in [2.45, 2.75) is 6.92 Å². The van der Waals surface area contributed by atoms with E-state index in [1.807, 2.05) is 31.2 Å². The summed E-state index contributed by atoms with van der Waals surface area (Å²) in [5.74, 6) is 0. The minimum Gasteiger partial charge on any atom is -0.398 e. The number of fused-ring (bicyclic) bond motifs is 1. The summed E-state index contributed by atoms with van der Waals surface area (Å²) in [4.78, 5) is 4.30. The third-order valence-corrected chi connectivity index (χ3v) is 4.01. The van der Waals surface area contributed by atoms with Crippen molar-refractivity contribution in [1.82, 2.24) is 4.98 Å². The quantitative estimate of drug-likeness (QED) is 0.640. The molecule has 0 aliphatic heterocycles. The molecule has 0 saturated carbocycles. The summed E-state index contributed by atoms with van der Waals surface area (Å²) in [6, 6.07) is 11.2. The number of halogens is 2. The third kappa shape index (κ3) is 2.75. The summed E-state index contributed by atoms with van der Waals surface area (Å²) in [5, 5.41) is 6.33. The van der Waals surface area contributed by atoms with Gasteiger partial charge >= 0.3 is 0 Å². The van der Waals surface area contributed by atoms with E-state index in [4.69, 9.17) is 28.9 Å². The van der Waals surface area contributed by atoms with Gasteiger partial charge < -0.3 is 11.1 Å². The lowest BCUT2D eigenvalue weighted by atomic mass is 10.1. The highest BCUT2D eigenvalue weighted by molar-refractivity contribution is 6.42. The summed E-state index contributed by atoms with van der Waals surface area (Å²) in [5.41, 5.74) is 9.46. The number of rotatable bonds is 2. The summed E-state index contributed by atoms with van der Waals surface area (Å²) in [7, 11) is 0. The van der Waals surface area contributed by atoms with E-state index in [1.54, 1.807) is 18.3 Å². The fourth-order valence-electron chi connectivity index (χ4n) is 2.20. The van der Waals surface area contributed by atoms with Crippen molar-refractivity contribution in [3.05, 3.63) is 58.3 Å². The predicted octanol–water partition coefficient (Wildman–Crippen LogP) is 5.18. The predicted molar refractivity (Wildman–Crippen MR) is 90.6 cm³/mol. The largest absolute Gasteiger partial charge is 0.398 e. The number of nitrogens with one attached hydrogen (secondary N) is 1. The van der Waals surface area contributed by atoms with Crippen LogP contribution in [0, 0.1) is 6.92 Å². The van der Waals surface area contributed by atoms with Crippen LogP contribution in [0.15, 0.2) is 42.6 Å². The normalized spacial score (nSPS) is 10.8. The van der Waals surface area contributed by atoms with E-state index in [1.165, 1.54) is 0 Å². The highest BCUT2D eigenvalue weighted by Crippen LogP contribution is 2.32. The number of anilines is 3. The topological polar surface area (TPSA) is 50.9 Å². The highest BCUT2D eigenvalue weighted by atomic mass is 35.5. The number of benzene rings is 2. The minimum atomic E-state index is 0.513. The Hall–Kier alpha value is -1.97. The van der Waals surface area contributed by atoms with Crippen LogP contribution in [0.3, 0.4) is 0 Å². The van der Waals surface area contributed by atoms with Gasteiger partial charge in [-0.1, -0.05) is 23.2 Å². The summed E-state index contributed by atoms with van der Waals surface area (Å²) in [6.07, 6.45) is 1.79. The lowest BCUT2D eigenvalue weighted by Crippen LogP contribution is -1.95. The Kier molecular flexibility index (Phi) is 3.62. The average molecular weight is 318 g/mol. The van der Waals surface area contributed by atoms with Crippen LogP contribution in [0.25, 0.3) is 10.8 Å². The van der Waals surface area contributed by atoms with Gasteiger partial charge in [0, 0.05) is 39.7 Å². The average Bonchev–Trinajstić information content (AvgIpc) is 2.46. The van der Waals surface area contributed by atoms with Gasteiger partial charge in [0.1, 0.15) is 0 Å². The molecule has 0 amide bonds. The Bertz CT molecular complexity index is 831. The zero-order chi connectivity index (χ0) is 15.0. The molecule has 3 nitrogen and oxygen atoms in total. The second kappa shape index (κ2) is 5.43. The van der Waals surface area contributed by atoms with E-state index in [2.05, 4.69) is 10.3 Å². The Balaban J connectivity index is 2.10. The summed E-state index contributed by atoms with van der Waals surface area (Å²) >= 11 is 12.0. The summed E-state index contributed by atoms with van der Waals surface area (Å²) in [6.45, 7) is 1.95. The molecule has 0 bridgehead atoms. The molecule has 0 aliphatic rings. The van der Waals surface area contributed by atoms with Crippen LogP contribution in [0.4, 0.5) is 17.1 Å². The third-order valence-electron chi connectivity index (χ3n) is 3.27. The first kappa shape index (κ1) is 14.0. The molecule has 0 fully saturated rings. The van der Waals surface area contributed by atoms with Gasteiger partial charge in [0.15, 0.2) is 0 Å². The van der Waals surface area contributed by atoms with Crippen LogP contribution in [0.5, 0.6) is 0 Å². The van der Waals surface area contributed by atoms with Crippen molar-refractivity contribution in [3.63, 3.8) is 0 Å². The number of pyridine rings is 1. The maximum absolute atomic E-state index is 6.05. The van der Waals surface area contributed by atoms with Crippen LogP contribution < -0.4 is 11.1 Å². The maximum atomic E-state index is 6.05. The zero-order valence-corrected chi connectivity index (χ0v) is 12.8. The van der Waals surface area contributed by atoms with Crippen molar-refractivity contribution in [1.29, 1.82) is 0 Å². The van der Waals surface area contributed by atoms with E-state index in [9.17, 15) is 0 Å². The Morgan fingerprint density at radius 2 is 1.81 bits per heavy atom. The van der Waals surface area contributed by atoms with Crippen molar-refractivity contribution in [2.75, 3.05) is 11.1 Å². The zero-order valence-electron chi connectivity index (χ0n) is 11.3. The molecule has 5 heteroatoms. The number of nitrogens with two attached hydrogens (primary N) is 1. The number of hydrogen-bond donors (Lipinski definition) is 2. The van der Waals surface area contributed by atoms with Crippen molar-refractivity contribution in [2.24, 2.45) is 0 Å². The molecular weight excluding hydrogens is 305 g/mol. The standard InChI is InChI=1S/C16H13Cl2N3/c1-9-6-11-12(8-20-9)15(19)4-5-16(11)21-10-2-3-13(17)14(18)7-10/h2-8,21H,19H2,1H3. The first-order chi connectivity index (χ1) is 10.0. The van der Waals surface area contributed by atoms with Gasteiger partial charge in [-0.3, -0.25) is 4.98 Å². The minimum absolute atomic E-state index is 0.513. The van der Waals surface area contributed by atoms with Crippen LogP contribution in [-0.4, -0.2) is 4.98 Å². The second-order valence-corrected chi connectivity index (χ2v) is 5.64. The van der Waals surface area contributed by atoms with Crippen LogP contribution in [0.2, 0.25) is 10.0 Å². The van der Waals surface area contributed by atoms with Gasteiger partial charge in [-0.25, -0.2) is 0 Å². The molecule has 0 atom stereocenters. The van der Waals surface area contributed by atoms with Crippen LogP contribution in [0.1, 0.15) is 5.69 Å². The number of hydrogen-bond acceptors (Lipinski definition) is 3. The molecule has 106 valence electrons. The summed E-state index contributed by atoms with van der Waals surface area (Å²) < 4.78 is 0. The molecule has 2 aromatic carbocycles. The molecule has 0 unspecified atom stereocenters. The van der Waals surface area contributed by atoms with Gasteiger partial charge in [0.05, 0.1) is 10.0 Å². The van der Waals surface area contributed by atoms with E-state index in [-0.39, 0.29) is 0 Å². The lowest BCUT2D eigenvalue weighted by Gasteiger charge is -2.12. The molecule has 1 heterocycles. The number of nitrogens with zero attached hydrogens (tertiary/aromatic N) is 1. The van der Waals surface area contributed by atoms with Gasteiger partial charge in [-0.2, -0.15) is 0 Å². The molecule has 3 aromatic rings. The van der Waals surface area contributed by atoms with E-state index < -0.39 is 0 Å². The Morgan fingerprint density at radius 3 is 2.57 bits per heavy atom. The highest BCUT2D eigenvalue weighted by Gasteiger charge is 2.07. The molecule has 0 saturated heterocycles. The molecule has 21 heavy (non-hydrogen) atoms. The van der Waals surface area contributed by atoms with Crippen molar-refractivity contribution < 1.29 is 0 Å². The van der Waals surface area contributed by atoms with Crippen LogP contribution >= 0.6 is 23.2 Å². The molecule has 0 aliphatic carbocycles. The molecule has 0 spiro atoms. The van der Waals surface area contributed by atoms with Gasteiger partial charge in [-0.15, -0.1) is 0 Å². The lowest BCUT2D eigenvalue weighted by molar-refractivity contribution is 1.22. The fraction of sp³-hybridized carbons (Fsp3) is 0.0625. The maximum Gasteiger partial charge on any atom is 0.0612 e. The SMILES string of the molecule is Cc1cc2c(Nc3ccc(Cl)c(Cl)c3)ccc(N)c2cn1. The van der Waals surface area contributed by atoms with Gasteiger partial charge in [0.2, 0.25) is 0 Å². The van der Waals surface area contributed by atoms with Crippen molar-refractivity contribution in [3.8, 4) is 0 Å². The first-order valence-corrected chi connectivity index (χ1v) is 7.17. The Labute approximate surface area is 132 Å². The van der Waals surface area contributed by atoms with Crippen LogP contribution in [-0.2, 0) is 0 Å². The molecular formula is C16H13Cl2N3. The monoisotopic (exact) mass is 317 g/mol. The molecule has 1 aromatic heterocycles.